The topological polar surface area (TPSA) is 76.5 Å². The first-order valence-corrected chi connectivity index (χ1v) is 13.0. The van der Waals surface area contributed by atoms with E-state index in [2.05, 4.69) is 9.82 Å². The van der Waals surface area contributed by atoms with Gasteiger partial charge in [-0.05, 0) is 70.2 Å². The van der Waals surface area contributed by atoms with Crippen molar-refractivity contribution in [2.24, 2.45) is 0 Å². The highest BCUT2D eigenvalue weighted by Crippen LogP contribution is 2.42. The third kappa shape index (κ3) is 5.46. The summed E-state index contributed by atoms with van der Waals surface area (Å²) < 4.78 is 85.1. The Bertz CT molecular complexity index is 1260. The van der Waals surface area contributed by atoms with E-state index >= 15 is 0 Å². The Morgan fingerprint density at radius 3 is 2.61 bits per heavy atom. The van der Waals surface area contributed by atoms with Gasteiger partial charge in [0.1, 0.15) is 18.0 Å². The predicted octanol–water partition coefficient (Wildman–Crippen LogP) is 4.49. The van der Waals surface area contributed by atoms with Gasteiger partial charge in [-0.15, -0.1) is 0 Å². The Morgan fingerprint density at radius 1 is 1.28 bits per heavy atom. The van der Waals surface area contributed by atoms with Gasteiger partial charge in [0, 0.05) is 18.5 Å². The van der Waals surface area contributed by atoms with Gasteiger partial charge in [0.25, 0.3) is 0 Å². The van der Waals surface area contributed by atoms with Crippen molar-refractivity contribution in [3.8, 4) is 5.75 Å². The van der Waals surface area contributed by atoms with Crippen molar-refractivity contribution in [3.63, 3.8) is 0 Å². The van der Waals surface area contributed by atoms with Crippen LogP contribution < -0.4 is 9.46 Å². The summed E-state index contributed by atoms with van der Waals surface area (Å²) in [6, 6.07) is 4.60. The number of amides is 1. The molecule has 36 heavy (non-hydrogen) atoms. The molecule has 0 bridgehead atoms. The minimum Gasteiger partial charge on any atom is -0.496 e. The molecule has 3 atom stereocenters. The fourth-order valence-electron chi connectivity index (χ4n) is 4.54. The van der Waals surface area contributed by atoms with E-state index in [0.29, 0.717) is 23.2 Å². The minimum absolute atomic E-state index is 0.0217. The number of aromatic nitrogens is 2. The summed E-state index contributed by atoms with van der Waals surface area (Å²) in [6.07, 6.45) is -2.75. The molecule has 1 N–H and O–H groups in total. The van der Waals surface area contributed by atoms with Crippen LogP contribution in [0.2, 0.25) is 0 Å². The van der Waals surface area contributed by atoms with Crippen molar-refractivity contribution in [1.82, 2.24) is 19.4 Å². The fourth-order valence-corrected chi connectivity index (χ4v) is 5.42. The Balaban J connectivity index is 1.69. The van der Waals surface area contributed by atoms with E-state index in [4.69, 9.17) is 8.85 Å². The van der Waals surface area contributed by atoms with Crippen LogP contribution in [0.5, 0.6) is 5.75 Å². The number of methoxy groups -OCH3 is 1. The number of halogens is 3. The number of hydrogen-bond donors (Lipinski definition) is 1. The van der Waals surface area contributed by atoms with E-state index in [1.807, 2.05) is 0 Å². The molecule has 1 saturated carbocycles. The van der Waals surface area contributed by atoms with Crippen LogP contribution in [0.4, 0.5) is 13.2 Å². The van der Waals surface area contributed by atoms with Gasteiger partial charge >= 0.3 is 6.18 Å². The molecule has 2 fully saturated rings. The van der Waals surface area contributed by atoms with Gasteiger partial charge in [0.05, 0.1) is 38.6 Å². The van der Waals surface area contributed by atoms with E-state index in [-0.39, 0.29) is 18.2 Å². The van der Waals surface area contributed by atoms with Gasteiger partial charge < -0.3 is 9.64 Å². The SMILES string of the molecule is [2H]C([2H])([2H])Oc1cccc([C@@H]2[C@H](N[S@](=O)C(C)(C)C)CCN2C(=O)Cn2nc(C3CC3)cc2C(F)(F)F)c1C. The summed E-state index contributed by atoms with van der Waals surface area (Å²) in [7, 11) is -4.20. The Kier molecular flexibility index (Phi) is 6.21. The summed E-state index contributed by atoms with van der Waals surface area (Å²) in [5.41, 5.74) is 0.388. The number of rotatable bonds is 7. The Morgan fingerprint density at radius 2 is 2.00 bits per heavy atom. The third-order valence-corrected chi connectivity index (χ3v) is 8.29. The van der Waals surface area contributed by atoms with Gasteiger partial charge in [0.15, 0.2) is 0 Å². The molecule has 1 aliphatic heterocycles. The molecule has 1 amide bonds. The molecule has 1 aromatic carbocycles. The summed E-state index contributed by atoms with van der Waals surface area (Å²) in [4.78, 5) is 15.1. The maximum atomic E-state index is 13.8. The molecule has 4 rings (SSSR count). The van der Waals surface area contributed by atoms with Gasteiger partial charge in [0.2, 0.25) is 5.91 Å². The number of ether oxygens (including phenoxy) is 1. The molecule has 1 aromatic heterocycles. The summed E-state index contributed by atoms with van der Waals surface area (Å²) >= 11 is 0. The molecular weight excluding hydrogens is 493 g/mol. The van der Waals surface area contributed by atoms with Crippen molar-refractivity contribution >= 4 is 16.9 Å². The molecule has 198 valence electrons. The molecule has 1 aliphatic carbocycles. The highest BCUT2D eigenvalue weighted by atomic mass is 32.2. The number of likely N-dealkylation sites (tertiary alicyclic amines) is 1. The van der Waals surface area contributed by atoms with Crippen molar-refractivity contribution in [1.29, 1.82) is 0 Å². The summed E-state index contributed by atoms with van der Waals surface area (Å²) in [5, 5.41) is 4.12. The van der Waals surface area contributed by atoms with Gasteiger partial charge in [-0.25, -0.2) is 8.93 Å². The zero-order valence-corrected chi connectivity index (χ0v) is 21.5. The Labute approximate surface area is 216 Å². The van der Waals surface area contributed by atoms with Crippen LogP contribution in [-0.2, 0) is 28.5 Å². The molecule has 1 saturated heterocycles. The van der Waals surface area contributed by atoms with Crippen LogP contribution in [-0.4, -0.2) is 49.2 Å². The smallest absolute Gasteiger partial charge is 0.433 e. The van der Waals surface area contributed by atoms with Crippen LogP contribution >= 0.6 is 0 Å². The maximum absolute atomic E-state index is 13.8. The lowest BCUT2D eigenvalue weighted by atomic mass is 9.95. The molecule has 0 radical (unpaired) electrons. The number of carbonyl (C=O) groups excluding carboxylic acids is 1. The lowest BCUT2D eigenvalue weighted by Gasteiger charge is -2.32. The summed E-state index contributed by atoms with van der Waals surface area (Å²) in [5.74, 6) is -0.502. The first-order chi connectivity index (χ1) is 18.0. The van der Waals surface area contributed by atoms with Crippen LogP contribution in [0.25, 0.3) is 0 Å². The first kappa shape index (κ1) is 22.8. The second-order valence-electron chi connectivity index (χ2n) is 10.4. The van der Waals surface area contributed by atoms with Crippen molar-refractivity contribution in [2.75, 3.05) is 13.6 Å². The average molecular weight is 530 g/mol. The second kappa shape index (κ2) is 9.81. The predicted molar refractivity (Wildman–Crippen MR) is 131 cm³/mol. The zero-order chi connectivity index (χ0) is 28.9. The maximum Gasteiger partial charge on any atom is 0.433 e. The standard InChI is InChI=1S/C25H33F3N4O3S/c1-15-17(7-6-8-20(15)35-5)23-18(30-36(34)24(2,3)4)11-12-31(23)22(33)14-32-21(25(26,27)28)13-19(29-32)16-9-10-16/h6-8,13,16,18,23,30H,9-12,14H2,1-5H3/t18-,23-,36-/m1/s1/i5D3. The fraction of sp³-hybridized carbons (Fsp3) is 0.600. The van der Waals surface area contributed by atoms with Gasteiger partial charge in [-0.1, -0.05) is 12.1 Å². The molecule has 2 heterocycles. The molecule has 0 spiro atoms. The number of hydrogen-bond acceptors (Lipinski definition) is 4. The summed E-state index contributed by atoms with van der Waals surface area (Å²) in [6.45, 7) is 6.64. The average Bonchev–Trinajstić information content (AvgIpc) is 3.42. The minimum atomic E-state index is -4.67. The molecule has 7 nitrogen and oxygen atoms in total. The van der Waals surface area contributed by atoms with Crippen LogP contribution in [0.15, 0.2) is 24.3 Å². The highest BCUT2D eigenvalue weighted by molar-refractivity contribution is 7.84. The van der Waals surface area contributed by atoms with E-state index in [1.54, 1.807) is 39.8 Å². The highest BCUT2D eigenvalue weighted by Gasteiger charge is 2.43. The molecule has 2 aliphatic rings. The third-order valence-electron chi connectivity index (χ3n) is 6.66. The zero-order valence-electron chi connectivity index (χ0n) is 23.7. The van der Waals surface area contributed by atoms with Crippen molar-refractivity contribution < 1.29 is 31.0 Å². The largest absolute Gasteiger partial charge is 0.496 e. The first-order valence-electron chi connectivity index (χ1n) is 13.4. The van der Waals surface area contributed by atoms with Gasteiger partial charge in [-0.3, -0.25) is 9.48 Å². The number of carbonyl (C=O) groups is 1. The van der Waals surface area contributed by atoms with E-state index < -0.39 is 59.2 Å². The lowest BCUT2D eigenvalue weighted by Crippen LogP contribution is -2.44. The van der Waals surface area contributed by atoms with Crippen LogP contribution in [0.1, 0.15) is 78.6 Å². The van der Waals surface area contributed by atoms with Crippen LogP contribution in [0.3, 0.4) is 0 Å². The van der Waals surface area contributed by atoms with Gasteiger partial charge in [-0.2, -0.15) is 18.3 Å². The number of nitrogens with zero attached hydrogens (tertiary/aromatic N) is 3. The molecule has 11 heteroatoms. The van der Waals surface area contributed by atoms with E-state index in [0.717, 1.165) is 23.6 Å². The molecule has 2 aromatic rings. The van der Waals surface area contributed by atoms with Crippen LogP contribution in [0, 0.1) is 6.92 Å². The van der Waals surface area contributed by atoms with Crippen molar-refractivity contribution in [3.05, 3.63) is 46.8 Å². The van der Waals surface area contributed by atoms with Crippen molar-refractivity contribution in [2.45, 2.75) is 82.4 Å². The number of nitrogens with one attached hydrogen (secondary N) is 1. The quantitative estimate of drug-likeness (QED) is 0.574. The number of alkyl halides is 3. The van der Waals surface area contributed by atoms with E-state index in [1.165, 1.54) is 11.0 Å². The second-order valence-corrected chi connectivity index (χ2v) is 12.4. The lowest BCUT2D eigenvalue weighted by molar-refractivity contribution is -0.146. The normalized spacial score (nSPS) is 23.2. The Hall–Kier alpha value is -2.40. The van der Waals surface area contributed by atoms with E-state index in [9.17, 15) is 22.2 Å². The molecule has 0 unspecified atom stereocenters. The molecular formula is C25H33F3N4O3S. The monoisotopic (exact) mass is 529 g/mol. The number of benzene rings is 1.